The maximum absolute atomic E-state index is 13.3. The van der Waals surface area contributed by atoms with E-state index >= 15 is 0 Å². The molecule has 5 rings (SSSR count). The Bertz CT molecular complexity index is 1350. The van der Waals surface area contributed by atoms with Crippen LogP contribution in [0.1, 0.15) is 85.7 Å². The normalized spacial score (nSPS) is 17.1. The minimum atomic E-state index is -0.501. The largest absolute Gasteiger partial charge is 0.473 e. The van der Waals surface area contributed by atoms with Gasteiger partial charge in [0.1, 0.15) is 0 Å². The Labute approximate surface area is 236 Å². The van der Waals surface area contributed by atoms with E-state index in [9.17, 15) is 9.59 Å². The second kappa shape index (κ2) is 12.0. The van der Waals surface area contributed by atoms with Crippen molar-refractivity contribution in [1.82, 2.24) is 24.6 Å². The van der Waals surface area contributed by atoms with Gasteiger partial charge >= 0.3 is 5.97 Å². The number of rotatable bonds is 7. The predicted molar refractivity (Wildman–Crippen MR) is 155 cm³/mol. The molecule has 1 saturated heterocycles. The van der Waals surface area contributed by atoms with Gasteiger partial charge < -0.3 is 19.3 Å². The first-order valence-corrected chi connectivity index (χ1v) is 14.5. The molecule has 1 aromatic carbocycles. The molecular weight excluding hydrogens is 506 g/mol. The summed E-state index contributed by atoms with van der Waals surface area (Å²) in [7, 11) is 5.56. The third-order valence-corrected chi connectivity index (χ3v) is 8.22. The summed E-state index contributed by atoms with van der Waals surface area (Å²) in [5, 5.41) is 5.68. The van der Waals surface area contributed by atoms with Crippen molar-refractivity contribution >= 4 is 22.9 Å². The van der Waals surface area contributed by atoms with Crippen molar-refractivity contribution in [2.45, 2.75) is 77.0 Å². The molecule has 1 saturated carbocycles. The van der Waals surface area contributed by atoms with Crippen molar-refractivity contribution < 1.29 is 19.1 Å². The van der Waals surface area contributed by atoms with Crippen LogP contribution in [0.4, 0.5) is 0 Å². The van der Waals surface area contributed by atoms with Crippen molar-refractivity contribution in [2.24, 2.45) is 0 Å². The summed E-state index contributed by atoms with van der Waals surface area (Å²) in [6.07, 6.45) is 7.40. The van der Waals surface area contributed by atoms with Crippen molar-refractivity contribution in [3.63, 3.8) is 0 Å². The Morgan fingerprint density at radius 2 is 1.68 bits per heavy atom. The van der Waals surface area contributed by atoms with Crippen LogP contribution in [-0.4, -0.2) is 82.9 Å². The molecule has 0 spiro atoms. The highest BCUT2D eigenvalue weighted by Gasteiger charge is 2.28. The van der Waals surface area contributed by atoms with E-state index in [0.29, 0.717) is 23.1 Å². The number of amides is 1. The number of fused-ring (bicyclic) bond motifs is 1. The monoisotopic (exact) mass is 547 g/mol. The number of nitrogens with zero attached hydrogens (tertiary/aromatic N) is 5. The number of piperidine rings is 1. The van der Waals surface area contributed by atoms with Crippen LogP contribution in [0, 0.1) is 0 Å². The van der Waals surface area contributed by atoms with Crippen LogP contribution in [0.5, 0.6) is 5.88 Å². The van der Waals surface area contributed by atoms with Crippen LogP contribution in [0.15, 0.2) is 30.3 Å². The van der Waals surface area contributed by atoms with Gasteiger partial charge in [-0.1, -0.05) is 31.4 Å². The van der Waals surface area contributed by atoms with Gasteiger partial charge in [-0.15, -0.1) is 5.10 Å². The molecule has 2 fully saturated rings. The van der Waals surface area contributed by atoms with E-state index in [2.05, 4.69) is 19.0 Å². The summed E-state index contributed by atoms with van der Waals surface area (Å²) in [6, 6.07) is 10.1. The highest BCUT2D eigenvalue weighted by atomic mass is 16.5. The Morgan fingerprint density at radius 1 is 1.00 bits per heavy atom. The standard InChI is InChI=1S/C31H41N5O4/c1-20(2)40-29-27-25(19-26(31(38)39-5)32-28(27)36(33-29)24-9-7-6-8-10-24)21-11-13-22(14-12-21)30(37)35-17-15-23(16-18-35)34(3)4/h11-14,19-20,23-24H,6-10,15-18H2,1-5H3. The zero-order valence-corrected chi connectivity index (χ0v) is 24.4. The number of hydrogen-bond donors (Lipinski definition) is 0. The van der Waals surface area contributed by atoms with E-state index in [4.69, 9.17) is 19.6 Å². The van der Waals surface area contributed by atoms with Crippen LogP contribution >= 0.6 is 0 Å². The maximum Gasteiger partial charge on any atom is 0.356 e. The molecule has 9 nitrogen and oxygen atoms in total. The highest BCUT2D eigenvalue weighted by Crippen LogP contribution is 2.39. The smallest absolute Gasteiger partial charge is 0.356 e. The number of carbonyl (C=O) groups is 2. The maximum atomic E-state index is 13.3. The molecule has 0 bridgehead atoms. The van der Waals surface area contributed by atoms with Crippen molar-refractivity contribution in [3.05, 3.63) is 41.6 Å². The number of ether oxygens (including phenoxy) is 2. The molecule has 2 aliphatic rings. The van der Waals surface area contributed by atoms with Crippen LogP contribution in [0.3, 0.4) is 0 Å². The summed E-state index contributed by atoms with van der Waals surface area (Å²) in [5.41, 5.74) is 3.15. The third kappa shape index (κ3) is 5.70. The minimum Gasteiger partial charge on any atom is -0.473 e. The minimum absolute atomic E-state index is 0.0489. The van der Waals surface area contributed by atoms with Gasteiger partial charge in [-0.3, -0.25) is 4.79 Å². The van der Waals surface area contributed by atoms with Gasteiger partial charge in [0.05, 0.1) is 24.6 Å². The third-order valence-electron chi connectivity index (χ3n) is 8.22. The van der Waals surface area contributed by atoms with E-state index in [1.165, 1.54) is 13.5 Å². The number of pyridine rings is 1. The topological polar surface area (TPSA) is 89.8 Å². The first-order chi connectivity index (χ1) is 19.3. The van der Waals surface area contributed by atoms with E-state index in [1.807, 2.05) is 47.7 Å². The van der Waals surface area contributed by atoms with Gasteiger partial charge in [-0.2, -0.15) is 0 Å². The van der Waals surface area contributed by atoms with E-state index in [1.54, 1.807) is 6.07 Å². The number of carbonyl (C=O) groups excluding carboxylic acids is 2. The van der Waals surface area contributed by atoms with Crippen molar-refractivity contribution in [1.29, 1.82) is 0 Å². The zero-order valence-electron chi connectivity index (χ0n) is 24.4. The molecule has 40 heavy (non-hydrogen) atoms. The Balaban J connectivity index is 1.54. The van der Waals surface area contributed by atoms with Crippen LogP contribution in [0.2, 0.25) is 0 Å². The highest BCUT2D eigenvalue weighted by molar-refractivity contribution is 6.02. The number of benzene rings is 1. The molecule has 1 aliphatic carbocycles. The lowest BCUT2D eigenvalue weighted by molar-refractivity contribution is 0.0593. The quantitative estimate of drug-likeness (QED) is 0.369. The lowest BCUT2D eigenvalue weighted by atomic mass is 9.95. The summed E-state index contributed by atoms with van der Waals surface area (Å²) in [6.45, 7) is 5.46. The number of likely N-dealkylation sites (tertiary alicyclic amines) is 1. The first-order valence-electron chi connectivity index (χ1n) is 14.5. The average molecular weight is 548 g/mol. The van der Waals surface area contributed by atoms with Gasteiger partial charge in [-0.05, 0) is 77.4 Å². The molecule has 3 heterocycles. The molecule has 1 aliphatic heterocycles. The first kappa shape index (κ1) is 28.1. The fourth-order valence-corrected chi connectivity index (χ4v) is 5.99. The van der Waals surface area contributed by atoms with Crippen LogP contribution in [0.25, 0.3) is 22.2 Å². The SMILES string of the molecule is COC(=O)c1cc(-c2ccc(C(=O)N3CCC(N(C)C)CC3)cc2)c2c(OC(C)C)nn(C3CCCCC3)c2n1. The molecule has 3 aromatic rings. The molecule has 0 radical (unpaired) electrons. The molecule has 1 amide bonds. The van der Waals surface area contributed by atoms with Gasteiger partial charge in [-0.25, -0.2) is 14.5 Å². The fraction of sp³-hybridized carbons (Fsp3) is 0.548. The van der Waals surface area contributed by atoms with E-state index in [-0.39, 0.29) is 23.7 Å². The summed E-state index contributed by atoms with van der Waals surface area (Å²) in [5.74, 6) is 0.0602. The second-order valence-electron chi connectivity index (χ2n) is 11.5. The van der Waals surface area contributed by atoms with E-state index < -0.39 is 5.97 Å². The summed E-state index contributed by atoms with van der Waals surface area (Å²) < 4.78 is 13.2. The Hall–Kier alpha value is -3.46. The lowest BCUT2D eigenvalue weighted by Gasteiger charge is -2.35. The molecule has 0 atom stereocenters. The van der Waals surface area contributed by atoms with Gasteiger partial charge in [0, 0.05) is 30.3 Å². The lowest BCUT2D eigenvalue weighted by Crippen LogP contribution is -2.44. The number of aromatic nitrogens is 3. The average Bonchev–Trinajstić information content (AvgIpc) is 3.34. The van der Waals surface area contributed by atoms with Gasteiger partial charge in [0.25, 0.3) is 5.91 Å². The molecule has 0 N–H and O–H groups in total. The van der Waals surface area contributed by atoms with Crippen LogP contribution < -0.4 is 4.74 Å². The van der Waals surface area contributed by atoms with Crippen molar-refractivity contribution in [3.8, 4) is 17.0 Å². The Kier molecular flexibility index (Phi) is 8.40. The number of esters is 1. The Morgan fingerprint density at radius 3 is 2.27 bits per heavy atom. The number of methoxy groups -OCH3 is 1. The van der Waals surface area contributed by atoms with E-state index in [0.717, 1.165) is 68.1 Å². The fourth-order valence-electron chi connectivity index (χ4n) is 5.99. The molecule has 9 heteroatoms. The van der Waals surface area contributed by atoms with Gasteiger partial charge in [0.2, 0.25) is 5.88 Å². The second-order valence-corrected chi connectivity index (χ2v) is 11.5. The van der Waals surface area contributed by atoms with Crippen molar-refractivity contribution in [2.75, 3.05) is 34.3 Å². The number of hydrogen-bond acceptors (Lipinski definition) is 7. The molecular formula is C31H41N5O4. The predicted octanol–water partition coefficient (Wildman–Crippen LogP) is 5.34. The van der Waals surface area contributed by atoms with Gasteiger partial charge in [0.15, 0.2) is 11.3 Å². The molecule has 214 valence electrons. The molecule has 0 unspecified atom stereocenters. The van der Waals surface area contributed by atoms with Crippen LogP contribution in [-0.2, 0) is 4.74 Å². The molecule has 2 aromatic heterocycles. The summed E-state index contributed by atoms with van der Waals surface area (Å²) >= 11 is 0. The zero-order chi connectivity index (χ0) is 28.4. The summed E-state index contributed by atoms with van der Waals surface area (Å²) in [4.78, 5) is 34.9.